The molecule has 1 aliphatic rings. The minimum absolute atomic E-state index is 0.0317. The van der Waals surface area contributed by atoms with Crippen LogP contribution in [-0.2, 0) is 20.7 Å². The van der Waals surface area contributed by atoms with Crippen LogP contribution < -0.4 is 5.32 Å². The summed E-state index contributed by atoms with van der Waals surface area (Å²) in [5, 5.41) is 7.31. The summed E-state index contributed by atoms with van der Waals surface area (Å²) in [7, 11) is 1.63. The van der Waals surface area contributed by atoms with Gasteiger partial charge in [0.15, 0.2) is 0 Å². The minimum Gasteiger partial charge on any atom is -0.383 e. The molecule has 1 aromatic carbocycles. The molecule has 1 amide bonds. The Morgan fingerprint density at radius 2 is 2.07 bits per heavy atom. The van der Waals surface area contributed by atoms with Crippen molar-refractivity contribution in [2.24, 2.45) is 5.41 Å². The Morgan fingerprint density at radius 3 is 2.78 bits per heavy atom. The van der Waals surface area contributed by atoms with Crippen LogP contribution in [0.25, 0.3) is 11.3 Å². The number of carbonyl (C=O) groups excluding carboxylic acids is 1. The quantitative estimate of drug-likeness (QED) is 0.808. The molecular formula is C21H28N2O4. The highest BCUT2D eigenvalue weighted by molar-refractivity contribution is 5.83. The summed E-state index contributed by atoms with van der Waals surface area (Å²) in [6.07, 6.45) is 1.85. The summed E-state index contributed by atoms with van der Waals surface area (Å²) >= 11 is 0. The molecule has 0 saturated carbocycles. The van der Waals surface area contributed by atoms with Gasteiger partial charge in [-0.05, 0) is 32.3 Å². The smallest absolute Gasteiger partial charge is 0.227 e. The molecule has 0 spiro atoms. The second-order valence-electron chi connectivity index (χ2n) is 7.39. The summed E-state index contributed by atoms with van der Waals surface area (Å²) in [5.74, 6) is 0.758. The van der Waals surface area contributed by atoms with Crippen LogP contribution in [0, 0.1) is 12.3 Å². The number of carbonyl (C=O) groups is 1. The van der Waals surface area contributed by atoms with E-state index < -0.39 is 5.41 Å². The van der Waals surface area contributed by atoms with Crippen molar-refractivity contribution < 1.29 is 18.8 Å². The van der Waals surface area contributed by atoms with Gasteiger partial charge in [0.2, 0.25) is 5.91 Å². The summed E-state index contributed by atoms with van der Waals surface area (Å²) in [6, 6.07) is 9.98. The van der Waals surface area contributed by atoms with Crippen molar-refractivity contribution in [3.05, 3.63) is 41.7 Å². The number of nitrogens with one attached hydrogen (secondary N) is 1. The number of hydrogen-bond acceptors (Lipinski definition) is 5. The molecule has 1 saturated heterocycles. The monoisotopic (exact) mass is 372 g/mol. The number of aromatic nitrogens is 1. The molecule has 146 valence electrons. The van der Waals surface area contributed by atoms with Crippen molar-refractivity contribution in [2.75, 3.05) is 26.9 Å². The van der Waals surface area contributed by atoms with E-state index in [2.05, 4.69) is 10.5 Å². The van der Waals surface area contributed by atoms with Gasteiger partial charge in [-0.1, -0.05) is 29.4 Å². The number of ether oxygens (including phenoxy) is 2. The Bertz CT molecular complexity index is 765. The second kappa shape index (κ2) is 8.67. The van der Waals surface area contributed by atoms with E-state index in [1.807, 2.05) is 44.2 Å². The molecule has 1 aliphatic heterocycles. The van der Waals surface area contributed by atoms with E-state index in [0.717, 1.165) is 22.6 Å². The van der Waals surface area contributed by atoms with Gasteiger partial charge in [0.25, 0.3) is 0 Å². The van der Waals surface area contributed by atoms with Gasteiger partial charge in [-0.15, -0.1) is 0 Å². The number of nitrogens with zero attached hydrogens (tertiary/aromatic N) is 1. The summed E-state index contributed by atoms with van der Waals surface area (Å²) in [5.41, 5.74) is 2.46. The lowest BCUT2D eigenvalue weighted by molar-refractivity contribution is -0.138. The lowest BCUT2D eigenvalue weighted by atomic mass is 9.75. The zero-order valence-corrected chi connectivity index (χ0v) is 16.3. The van der Waals surface area contributed by atoms with Crippen LogP contribution in [0.1, 0.15) is 31.1 Å². The highest BCUT2D eigenvalue weighted by atomic mass is 16.5. The molecule has 0 radical (unpaired) electrons. The van der Waals surface area contributed by atoms with Crippen molar-refractivity contribution in [1.82, 2.24) is 10.5 Å². The lowest BCUT2D eigenvalue weighted by Gasteiger charge is -2.35. The maximum atomic E-state index is 13.1. The Hall–Kier alpha value is -2.18. The van der Waals surface area contributed by atoms with Gasteiger partial charge in [0.05, 0.1) is 12.0 Å². The number of benzene rings is 1. The molecule has 2 aromatic rings. The van der Waals surface area contributed by atoms with Gasteiger partial charge in [0.1, 0.15) is 11.5 Å². The van der Waals surface area contributed by atoms with Gasteiger partial charge < -0.3 is 19.3 Å². The van der Waals surface area contributed by atoms with E-state index in [-0.39, 0.29) is 11.9 Å². The molecule has 1 N–H and O–H groups in total. The maximum Gasteiger partial charge on any atom is 0.227 e. The highest BCUT2D eigenvalue weighted by Gasteiger charge is 2.41. The zero-order valence-electron chi connectivity index (χ0n) is 16.3. The third-order valence-corrected chi connectivity index (χ3v) is 5.22. The molecule has 27 heavy (non-hydrogen) atoms. The van der Waals surface area contributed by atoms with Crippen molar-refractivity contribution in [3.8, 4) is 11.3 Å². The average molecular weight is 372 g/mol. The second-order valence-corrected chi connectivity index (χ2v) is 7.39. The molecule has 6 nitrogen and oxygen atoms in total. The SMILES string of the molecule is COC[C@@H](C)NC(=O)C1(Cc2cc(-c3ccccc3C)no2)CCOCC1. The van der Waals surface area contributed by atoms with E-state index in [1.54, 1.807) is 7.11 Å². The number of aryl methyl sites for hydroxylation is 1. The highest BCUT2D eigenvalue weighted by Crippen LogP contribution is 2.36. The minimum atomic E-state index is -0.539. The van der Waals surface area contributed by atoms with E-state index >= 15 is 0 Å². The fourth-order valence-electron chi connectivity index (χ4n) is 3.63. The summed E-state index contributed by atoms with van der Waals surface area (Å²) in [6.45, 7) is 5.63. The van der Waals surface area contributed by atoms with Crippen LogP contribution in [0.3, 0.4) is 0 Å². The first-order valence-electron chi connectivity index (χ1n) is 9.43. The predicted octanol–water partition coefficient (Wildman–Crippen LogP) is 3.14. The van der Waals surface area contributed by atoms with E-state index in [1.165, 1.54) is 0 Å². The zero-order chi connectivity index (χ0) is 19.3. The van der Waals surface area contributed by atoms with E-state index in [9.17, 15) is 4.79 Å². The molecule has 2 heterocycles. The molecule has 6 heteroatoms. The first-order valence-corrected chi connectivity index (χ1v) is 9.43. The fraction of sp³-hybridized carbons (Fsp3) is 0.524. The van der Waals surface area contributed by atoms with Crippen LogP contribution in [-0.4, -0.2) is 44.0 Å². The van der Waals surface area contributed by atoms with E-state index in [4.69, 9.17) is 14.0 Å². The Morgan fingerprint density at radius 1 is 1.33 bits per heavy atom. The van der Waals surface area contributed by atoms with Gasteiger partial charge in [-0.3, -0.25) is 4.79 Å². The van der Waals surface area contributed by atoms with Gasteiger partial charge in [-0.2, -0.15) is 0 Å². The standard InChI is InChI=1S/C21H28N2O4/c1-15-6-4-5-7-18(15)19-12-17(27-23-19)13-21(8-10-26-11-9-21)20(24)22-16(2)14-25-3/h4-7,12,16H,8-11,13-14H2,1-3H3,(H,22,24)/t16-/m1/s1. The van der Waals surface area contributed by atoms with Crippen molar-refractivity contribution in [1.29, 1.82) is 0 Å². The van der Waals surface area contributed by atoms with Crippen LogP contribution in [0.5, 0.6) is 0 Å². The maximum absolute atomic E-state index is 13.1. The topological polar surface area (TPSA) is 73.6 Å². The molecule has 0 unspecified atom stereocenters. The Labute approximate surface area is 160 Å². The molecule has 3 rings (SSSR count). The van der Waals surface area contributed by atoms with Crippen molar-refractivity contribution in [2.45, 2.75) is 39.2 Å². The molecule has 1 atom stereocenters. The number of hydrogen-bond donors (Lipinski definition) is 1. The molecule has 1 fully saturated rings. The Kier molecular flexibility index (Phi) is 6.29. The summed E-state index contributed by atoms with van der Waals surface area (Å²) in [4.78, 5) is 13.1. The first kappa shape index (κ1) is 19.6. The molecule has 0 bridgehead atoms. The van der Waals surface area contributed by atoms with E-state index in [0.29, 0.717) is 39.1 Å². The van der Waals surface area contributed by atoms with Crippen LogP contribution in [0.2, 0.25) is 0 Å². The third-order valence-electron chi connectivity index (χ3n) is 5.22. The first-order chi connectivity index (χ1) is 13.0. The van der Waals surface area contributed by atoms with Gasteiger partial charge in [0, 0.05) is 44.4 Å². The summed E-state index contributed by atoms with van der Waals surface area (Å²) < 4.78 is 16.3. The lowest BCUT2D eigenvalue weighted by Crippen LogP contribution is -2.49. The number of amides is 1. The normalized spacial score (nSPS) is 17.4. The Balaban J connectivity index is 1.79. The van der Waals surface area contributed by atoms with Crippen molar-refractivity contribution in [3.63, 3.8) is 0 Å². The van der Waals surface area contributed by atoms with Crippen molar-refractivity contribution >= 4 is 5.91 Å². The van der Waals surface area contributed by atoms with Gasteiger partial charge in [-0.25, -0.2) is 0 Å². The third kappa shape index (κ3) is 4.57. The predicted molar refractivity (Wildman–Crippen MR) is 102 cm³/mol. The molecule has 0 aliphatic carbocycles. The molecule has 1 aromatic heterocycles. The number of methoxy groups -OCH3 is 1. The van der Waals surface area contributed by atoms with Crippen LogP contribution >= 0.6 is 0 Å². The molecular weight excluding hydrogens is 344 g/mol. The number of rotatable bonds is 7. The average Bonchev–Trinajstić information content (AvgIpc) is 3.11. The van der Waals surface area contributed by atoms with Gasteiger partial charge >= 0.3 is 0 Å². The van der Waals surface area contributed by atoms with Crippen LogP contribution in [0.4, 0.5) is 0 Å². The fourth-order valence-corrected chi connectivity index (χ4v) is 3.63. The largest absolute Gasteiger partial charge is 0.383 e. The van der Waals surface area contributed by atoms with Crippen LogP contribution in [0.15, 0.2) is 34.9 Å².